The van der Waals surface area contributed by atoms with Gasteiger partial charge in [0.05, 0.1) is 6.20 Å². The first-order valence-electron chi connectivity index (χ1n) is 7.20. The van der Waals surface area contributed by atoms with Gasteiger partial charge in [-0.1, -0.05) is 24.3 Å². The van der Waals surface area contributed by atoms with Gasteiger partial charge in [0.1, 0.15) is 11.9 Å². The van der Waals surface area contributed by atoms with Crippen molar-refractivity contribution in [3.8, 4) is 5.75 Å². The van der Waals surface area contributed by atoms with E-state index < -0.39 is 0 Å². The Bertz CT molecular complexity index is 583. The van der Waals surface area contributed by atoms with Crippen molar-refractivity contribution in [2.45, 2.75) is 31.9 Å². The molecule has 1 aromatic carbocycles. The molecular formula is C17H20N2O. The number of aromatic nitrogens is 1. The SMILES string of the molecule is CNCc1ccncc1OC1CCCc2ccccc21. The van der Waals surface area contributed by atoms with Crippen molar-refractivity contribution >= 4 is 0 Å². The van der Waals surface area contributed by atoms with Crippen molar-refractivity contribution in [3.05, 3.63) is 59.4 Å². The normalized spacial score (nSPS) is 17.6. The maximum Gasteiger partial charge on any atom is 0.143 e. The van der Waals surface area contributed by atoms with Crippen LogP contribution >= 0.6 is 0 Å². The third kappa shape index (κ3) is 2.68. The van der Waals surface area contributed by atoms with Crippen molar-refractivity contribution in [3.63, 3.8) is 0 Å². The summed E-state index contributed by atoms with van der Waals surface area (Å²) in [5.74, 6) is 0.892. The predicted molar refractivity (Wildman–Crippen MR) is 79.7 cm³/mol. The van der Waals surface area contributed by atoms with Crippen molar-refractivity contribution in [1.29, 1.82) is 0 Å². The van der Waals surface area contributed by atoms with Gasteiger partial charge in [-0.3, -0.25) is 4.98 Å². The minimum Gasteiger partial charge on any atom is -0.484 e. The molecule has 0 bridgehead atoms. The molecule has 1 N–H and O–H groups in total. The number of ether oxygens (including phenoxy) is 1. The summed E-state index contributed by atoms with van der Waals surface area (Å²) in [6.45, 7) is 0.798. The molecule has 1 unspecified atom stereocenters. The number of fused-ring (bicyclic) bond motifs is 1. The average molecular weight is 268 g/mol. The van der Waals surface area contributed by atoms with Gasteiger partial charge in [-0.2, -0.15) is 0 Å². The van der Waals surface area contributed by atoms with Gasteiger partial charge in [-0.05, 0) is 43.5 Å². The molecule has 0 fully saturated rings. The van der Waals surface area contributed by atoms with E-state index in [1.807, 2.05) is 25.5 Å². The first kappa shape index (κ1) is 13.1. The fourth-order valence-electron chi connectivity index (χ4n) is 2.84. The van der Waals surface area contributed by atoms with Gasteiger partial charge in [-0.15, -0.1) is 0 Å². The van der Waals surface area contributed by atoms with Crippen molar-refractivity contribution in [1.82, 2.24) is 10.3 Å². The summed E-state index contributed by atoms with van der Waals surface area (Å²) in [7, 11) is 1.94. The second-order valence-corrected chi connectivity index (χ2v) is 5.21. The number of nitrogens with zero attached hydrogens (tertiary/aromatic N) is 1. The molecule has 2 aromatic rings. The molecule has 0 radical (unpaired) electrons. The zero-order valence-corrected chi connectivity index (χ0v) is 11.8. The van der Waals surface area contributed by atoms with Crippen LogP contribution in [0.3, 0.4) is 0 Å². The van der Waals surface area contributed by atoms with E-state index in [2.05, 4.69) is 34.6 Å². The van der Waals surface area contributed by atoms with Gasteiger partial charge in [0.2, 0.25) is 0 Å². The molecule has 1 aromatic heterocycles. The Hall–Kier alpha value is -1.87. The van der Waals surface area contributed by atoms with Crippen molar-refractivity contribution in [2.75, 3.05) is 7.05 Å². The summed E-state index contributed by atoms with van der Waals surface area (Å²) < 4.78 is 6.26. The van der Waals surface area contributed by atoms with Crippen LogP contribution in [0.25, 0.3) is 0 Å². The second-order valence-electron chi connectivity index (χ2n) is 5.21. The van der Waals surface area contributed by atoms with Crippen molar-refractivity contribution in [2.24, 2.45) is 0 Å². The Balaban J connectivity index is 1.86. The van der Waals surface area contributed by atoms with Crippen LogP contribution in [-0.2, 0) is 13.0 Å². The van der Waals surface area contributed by atoms with E-state index in [1.54, 1.807) is 0 Å². The third-order valence-electron chi connectivity index (χ3n) is 3.82. The lowest BCUT2D eigenvalue weighted by Gasteiger charge is -2.27. The second kappa shape index (κ2) is 6.06. The number of aryl methyl sites for hydroxylation is 1. The van der Waals surface area contributed by atoms with Crippen LogP contribution in [0.5, 0.6) is 5.75 Å². The lowest BCUT2D eigenvalue weighted by molar-refractivity contribution is 0.180. The summed E-state index contributed by atoms with van der Waals surface area (Å²) >= 11 is 0. The lowest BCUT2D eigenvalue weighted by atomic mass is 9.89. The van der Waals surface area contributed by atoms with Gasteiger partial charge in [0.25, 0.3) is 0 Å². The summed E-state index contributed by atoms with van der Waals surface area (Å²) in [6, 6.07) is 10.6. The number of pyridine rings is 1. The number of rotatable bonds is 4. The molecule has 1 aliphatic rings. The number of hydrogen-bond acceptors (Lipinski definition) is 3. The van der Waals surface area contributed by atoms with Crippen molar-refractivity contribution < 1.29 is 4.74 Å². The van der Waals surface area contributed by atoms with Gasteiger partial charge in [0, 0.05) is 18.3 Å². The summed E-state index contributed by atoms with van der Waals surface area (Å²) in [4.78, 5) is 4.20. The average Bonchev–Trinajstić information content (AvgIpc) is 2.50. The maximum atomic E-state index is 6.26. The Morgan fingerprint density at radius 3 is 3.10 bits per heavy atom. The van der Waals surface area contributed by atoms with Gasteiger partial charge < -0.3 is 10.1 Å². The Morgan fingerprint density at radius 1 is 1.30 bits per heavy atom. The summed E-state index contributed by atoms with van der Waals surface area (Å²) in [5, 5.41) is 3.17. The highest BCUT2D eigenvalue weighted by atomic mass is 16.5. The molecule has 1 heterocycles. The molecular weight excluding hydrogens is 248 g/mol. The van der Waals surface area contributed by atoms with Crippen LogP contribution < -0.4 is 10.1 Å². The largest absolute Gasteiger partial charge is 0.484 e. The quantitative estimate of drug-likeness (QED) is 0.924. The van der Waals surface area contributed by atoms with Crippen LogP contribution in [0.15, 0.2) is 42.7 Å². The van der Waals surface area contributed by atoms with E-state index in [4.69, 9.17) is 4.74 Å². The minimum absolute atomic E-state index is 0.153. The monoisotopic (exact) mass is 268 g/mol. The van der Waals surface area contributed by atoms with E-state index in [0.29, 0.717) is 0 Å². The van der Waals surface area contributed by atoms with E-state index in [0.717, 1.165) is 30.7 Å². The molecule has 0 amide bonds. The topological polar surface area (TPSA) is 34.2 Å². The molecule has 1 aliphatic carbocycles. The predicted octanol–water partition coefficient (Wildman–Crippen LogP) is 3.26. The molecule has 1 atom stereocenters. The molecule has 3 heteroatoms. The number of benzene rings is 1. The number of nitrogens with one attached hydrogen (secondary N) is 1. The van der Waals surface area contributed by atoms with Crippen LogP contribution in [0.4, 0.5) is 0 Å². The smallest absolute Gasteiger partial charge is 0.143 e. The minimum atomic E-state index is 0.153. The third-order valence-corrected chi connectivity index (χ3v) is 3.82. The first-order chi connectivity index (χ1) is 9.88. The van der Waals surface area contributed by atoms with E-state index in [-0.39, 0.29) is 6.10 Å². The van der Waals surface area contributed by atoms with Gasteiger partial charge in [-0.25, -0.2) is 0 Å². The Morgan fingerprint density at radius 2 is 2.20 bits per heavy atom. The highest BCUT2D eigenvalue weighted by Gasteiger charge is 2.22. The summed E-state index contributed by atoms with van der Waals surface area (Å²) in [6.07, 6.45) is 7.21. The van der Waals surface area contributed by atoms with Gasteiger partial charge in [0.15, 0.2) is 0 Å². The zero-order valence-electron chi connectivity index (χ0n) is 11.8. The highest BCUT2D eigenvalue weighted by molar-refractivity contribution is 5.34. The van der Waals surface area contributed by atoms with E-state index >= 15 is 0 Å². The molecule has 3 nitrogen and oxygen atoms in total. The zero-order chi connectivity index (χ0) is 13.8. The van der Waals surface area contributed by atoms with Crippen LogP contribution in [0.1, 0.15) is 35.6 Å². The molecule has 3 rings (SSSR count). The van der Waals surface area contributed by atoms with E-state index in [9.17, 15) is 0 Å². The first-order valence-corrected chi connectivity index (χ1v) is 7.20. The van der Waals surface area contributed by atoms with Crippen LogP contribution in [0.2, 0.25) is 0 Å². The van der Waals surface area contributed by atoms with E-state index in [1.165, 1.54) is 17.5 Å². The fraction of sp³-hybridized carbons (Fsp3) is 0.353. The molecule has 0 spiro atoms. The molecule has 0 aliphatic heterocycles. The lowest BCUT2D eigenvalue weighted by Crippen LogP contribution is -2.16. The molecule has 20 heavy (non-hydrogen) atoms. The molecule has 0 saturated heterocycles. The van der Waals surface area contributed by atoms with Gasteiger partial charge >= 0.3 is 0 Å². The molecule has 104 valence electrons. The standard InChI is InChI=1S/C17H20N2O/c1-18-11-14-9-10-19-12-17(14)20-16-8-4-6-13-5-2-3-7-15(13)16/h2-3,5,7,9-10,12,16,18H,4,6,8,11H2,1H3. The highest BCUT2D eigenvalue weighted by Crippen LogP contribution is 2.34. The van der Waals surface area contributed by atoms with Crippen LogP contribution in [0, 0.1) is 0 Å². The summed E-state index contributed by atoms with van der Waals surface area (Å²) in [5.41, 5.74) is 3.91. The van der Waals surface area contributed by atoms with Crippen LogP contribution in [-0.4, -0.2) is 12.0 Å². The Labute approximate surface area is 120 Å². The number of hydrogen-bond donors (Lipinski definition) is 1. The maximum absolute atomic E-state index is 6.26. The Kier molecular flexibility index (Phi) is 3.97. The molecule has 0 saturated carbocycles. The fourth-order valence-corrected chi connectivity index (χ4v) is 2.84.